The highest BCUT2D eigenvalue weighted by molar-refractivity contribution is 7.89. The quantitative estimate of drug-likeness (QED) is 0.124. The number of sulfonamides is 1. The maximum absolute atomic E-state index is 17.0. The van der Waals surface area contributed by atoms with Gasteiger partial charge in [0.1, 0.15) is 17.3 Å². The maximum atomic E-state index is 17.0. The highest BCUT2D eigenvalue weighted by Crippen LogP contribution is 2.47. The van der Waals surface area contributed by atoms with Crippen molar-refractivity contribution in [2.75, 3.05) is 44.4 Å². The molecule has 47 heavy (non-hydrogen) atoms. The van der Waals surface area contributed by atoms with Crippen LogP contribution in [-0.4, -0.2) is 96.6 Å². The number of amides is 1. The van der Waals surface area contributed by atoms with Crippen molar-refractivity contribution in [1.82, 2.24) is 29.2 Å². The molecule has 1 aliphatic carbocycles. The van der Waals surface area contributed by atoms with Crippen LogP contribution in [0.15, 0.2) is 11.0 Å². The third kappa shape index (κ3) is 7.23. The SMILES string of the molecule is CCn1nc(-c2nnc(C(F)F)s2)c2c(F)c(S(=O)(=O)N(COCC[Si](C)(C)C)C3(C)CC3)cc(N3CCN(C(=O)C(C)C)CC3)c21. The summed E-state index contributed by atoms with van der Waals surface area (Å²) < 4.78 is 81.8. The molecule has 260 valence electrons. The molecule has 0 atom stereocenters. The molecule has 2 aliphatic rings. The number of fused-ring (bicyclic) bond motifs is 1. The molecule has 1 aliphatic heterocycles. The minimum atomic E-state index is -4.47. The maximum Gasteiger partial charge on any atom is 0.291 e. The number of piperazine rings is 1. The predicted molar refractivity (Wildman–Crippen MR) is 178 cm³/mol. The second-order valence-corrected chi connectivity index (χ2v) is 22.5. The Hall–Kier alpha value is -2.60. The number of nitrogens with zero attached hydrogens (tertiary/aromatic N) is 7. The van der Waals surface area contributed by atoms with Gasteiger partial charge in [0.15, 0.2) is 15.8 Å². The number of alkyl halides is 2. The van der Waals surface area contributed by atoms with Crippen LogP contribution in [0, 0.1) is 11.7 Å². The zero-order valence-electron chi connectivity index (χ0n) is 28.0. The van der Waals surface area contributed by atoms with Crippen LogP contribution in [0.25, 0.3) is 21.6 Å². The van der Waals surface area contributed by atoms with E-state index in [0.29, 0.717) is 68.2 Å². The lowest BCUT2D eigenvalue weighted by Crippen LogP contribution is -2.50. The van der Waals surface area contributed by atoms with E-state index >= 15 is 4.39 Å². The van der Waals surface area contributed by atoms with Gasteiger partial charge < -0.3 is 14.5 Å². The van der Waals surface area contributed by atoms with Crippen molar-refractivity contribution in [3.05, 3.63) is 16.9 Å². The van der Waals surface area contributed by atoms with Crippen LogP contribution >= 0.6 is 11.3 Å². The monoisotopic (exact) mass is 715 g/mol. The molecule has 1 saturated heterocycles. The topological polar surface area (TPSA) is 114 Å². The van der Waals surface area contributed by atoms with Gasteiger partial charge in [-0.15, -0.1) is 10.2 Å². The van der Waals surface area contributed by atoms with Crippen molar-refractivity contribution in [2.24, 2.45) is 5.92 Å². The molecule has 0 radical (unpaired) electrons. The van der Waals surface area contributed by atoms with Crippen molar-refractivity contribution in [2.45, 2.75) is 89.6 Å². The van der Waals surface area contributed by atoms with Crippen LogP contribution in [0.2, 0.25) is 25.7 Å². The van der Waals surface area contributed by atoms with E-state index in [1.807, 2.05) is 25.7 Å². The van der Waals surface area contributed by atoms with E-state index in [9.17, 15) is 22.0 Å². The van der Waals surface area contributed by atoms with Gasteiger partial charge in [-0.1, -0.05) is 44.8 Å². The molecule has 1 saturated carbocycles. The van der Waals surface area contributed by atoms with Crippen LogP contribution in [-0.2, 0) is 26.1 Å². The molecule has 0 bridgehead atoms. The largest absolute Gasteiger partial charge is 0.366 e. The Morgan fingerprint density at radius 2 is 1.81 bits per heavy atom. The summed E-state index contributed by atoms with van der Waals surface area (Å²) >= 11 is 0.589. The molecule has 17 heteroatoms. The molecule has 5 rings (SSSR count). The van der Waals surface area contributed by atoms with E-state index in [0.717, 1.165) is 6.04 Å². The number of ether oxygens (including phenoxy) is 1. The Labute approximate surface area is 279 Å². The average molecular weight is 716 g/mol. The summed E-state index contributed by atoms with van der Waals surface area (Å²) in [6.45, 7) is 15.9. The minimum absolute atomic E-state index is 0.0200. The predicted octanol–water partition coefficient (Wildman–Crippen LogP) is 5.81. The number of hydrogen-bond donors (Lipinski definition) is 0. The van der Waals surface area contributed by atoms with E-state index in [2.05, 4.69) is 34.9 Å². The number of benzene rings is 1. The van der Waals surface area contributed by atoms with Gasteiger partial charge in [-0.3, -0.25) is 9.48 Å². The van der Waals surface area contributed by atoms with Gasteiger partial charge >= 0.3 is 0 Å². The zero-order valence-corrected chi connectivity index (χ0v) is 30.6. The third-order valence-electron chi connectivity index (χ3n) is 8.80. The Kier molecular flexibility index (Phi) is 10.2. The van der Waals surface area contributed by atoms with E-state index in [-0.39, 0.29) is 41.2 Å². The van der Waals surface area contributed by atoms with E-state index in [1.165, 1.54) is 15.1 Å². The second kappa shape index (κ2) is 13.4. The van der Waals surface area contributed by atoms with Crippen LogP contribution in [0.5, 0.6) is 0 Å². The summed E-state index contributed by atoms with van der Waals surface area (Å²) in [4.78, 5) is 15.9. The lowest BCUT2D eigenvalue weighted by Gasteiger charge is -2.37. The molecule has 2 fully saturated rings. The van der Waals surface area contributed by atoms with Gasteiger partial charge in [0, 0.05) is 58.9 Å². The Morgan fingerprint density at radius 1 is 1.15 bits per heavy atom. The fourth-order valence-corrected chi connectivity index (χ4v) is 8.91. The van der Waals surface area contributed by atoms with Gasteiger partial charge in [-0.05, 0) is 38.8 Å². The molecule has 0 N–H and O–H groups in total. The summed E-state index contributed by atoms with van der Waals surface area (Å²) in [6.07, 6.45) is -1.67. The number of rotatable bonds is 13. The molecule has 2 aromatic heterocycles. The van der Waals surface area contributed by atoms with Crippen molar-refractivity contribution in [3.63, 3.8) is 0 Å². The first kappa shape index (κ1) is 35.7. The number of hydrogen-bond acceptors (Lipinski definition) is 9. The summed E-state index contributed by atoms with van der Waals surface area (Å²) in [5.41, 5.74) is -0.0286. The van der Waals surface area contributed by atoms with Gasteiger partial charge in [-0.25, -0.2) is 21.6 Å². The zero-order chi connectivity index (χ0) is 34.5. The van der Waals surface area contributed by atoms with Crippen LogP contribution < -0.4 is 4.90 Å². The van der Waals surface area contributed by atoms with E-state index in [1.54, 1.807) is 11.8 Å². The Balaban J connectivity index is 1.65. The lowest BCUT2D eigenvalue weighted by atomic mass is 10.1. The van der Waals surface area contributed by atoms with E-state index < -0.39 is 45.8 Å². The minimum Gasteiger partial charge on any atom is -0.366 e. The van der Waals surface area contributed by atoms with Crippen molar-refractivity contribution in [3.8, 4) is 10.7 Å². The van der Waals surface area contributed by atoms with Crippen molar-refractivity contribution >= 4 is 51.9 Å². The highest BCUT2D eigenvalue weighted by atomic mass is 32.2. The van der Waals surface area contributed by atoms with Crippen molar-refractivity contribution < 1.29 is 31.1 Å². The normalized spacial score (nSPS) is 17.1. The number of aryl methyl sites for hydroxylation is 1. The molecule has 1 aromatic carbocycles. The number of carbonyl (C=O) groups excluding carboxylic acids is 1. The Bertz CT molecular complexity index is 1730. The third-order valence-corrected chi connectivity index (χ3v) is 13.4. The van der Waals surface area contributed by atoms with Crippen LogP contribution in [0.3, 0.4) is 0 Å². The molecule has 3 aromatic rings. The van der Waals surface area contributed by atoms with Gasteiger partial charge in [0.05, 0.1) is 16.6 Å². The van der Waals surface area contributed by atoms with Gasteiger partial charge in [-0.2, -0.15) is 9.40 Å². The molecule has 0 unspecified atom stereocenters. The Morgan fingerprint density at radius 3 is 2.34 bits per heavy atom. The molecule has 0 spiro atoms. The van der Waals surface area contributed by atoms with E-state index in [4.69, 9.17) is 4.74 Å². The van der Waals surface area contributed by atoms with Crippen molar-refractivity contribution in [1.29, 1.82) is 0 Å². The first-order chi connectivity index (χ1) is 22.0. The van der Waals surface area contributed by atoms with Gasteiger partial charge in [0.2, 0.25) is 15.9 Å². The average Bonchev–Trinajstić information content (AvgIpc) is 3.39. The fraction of sp³-hybridized carbons (Fsp3) is 0.667. The number of aromatic nitrogens is 4. The standard InChI is InChI=1S/C30H44F3N7O4S2Si/c1-8-39-25-20(37-11-13-38(14-12-37)29(41)19(2)3)17-21(23(31)22(25)24(36-39)27-34-35-28(45-27)26(32)33)46(42,43)40(30(4)9-10-30)18-44-15-16-47(5,6)7/h17,19,26H,8-16,18H2,1-7H3. The molecular formula is C30H44F3N7O4S2Si. The number of carbonyl (C=O) groups is 1. The smallest absolute Gasteiger partial charge is 0.291 e. The summed E-state index contributed by atoms with van der Waals surface area (Å²) in [5, 5.41) is 11.3. The van der Waals surface area contributed by atoms with Crippen LogP contribution in [0.4, 0.5) is 18.9 Å². The van der Waals surface area contributed by atoms with Gasteiger partial charge in [0.25, 0.3) is 6.43 Å². The summed E-state index contributed by atoms with van der Waals surface area (Å²) in [7, 11) is -5.92. The fourth-order valence-electron chi connectivity index (χ4n) is 5.66. The first-order valence-electron chi connectivity index (χ1n) is 16.0. The molecule has 11 nitrogen and oxygen atoms in total. The number of anilines is 1. The first-order valence-corrected chi connectivity index (χ1v) is 21.9. The molecular weight excluding hydrogens is 672 g/mol. The molecule has 1 amide bonds. The number of halogens is 3. The lowest BCUT2D eigenvalue weighted by molar-refractivity contribution is -0.134. The summed E-state index contributed by atoms with van der Waals surface area (Å²) in [6, 6.07) is 2.20. The molecule has 3 heterocycles. The summed E-state index contributed by atoms with van der Waals surface area (Å²) in [5.74, 6) is -1.18. The highest BCUT2D eigenvalue weighted by Gasteiger charge is 2.50. The van der Waals surface area contributed by atoms with Crippen LogP contribution in [0.1, 0.15) is 52.0 Å². The second-order valence-electron chi connectivity index (χ2n) is 14.0.